The number of hydrogen-bond donors (Lipinski definition) is 0. The Morgan fingerprint density at radius 3 is 1.87 bits per heavy atom. The molecule has 0 aliphatic rings. The second-order valence-electron chi connectivity index (χ2n) is 6.47. The predicted octanol–water partition coefficient (Wildman–Crippen LogP) is 6.91. The van der Waals surface area contributed by atoms with E-state index in [0.717, 1.165) is 47.0 Å². The molecule has 5 heteroatoms. The first-order valence-corrected chi connectivity index (χ1v) is 10.3. The van der Waals surface area contributed by atoms with Crippen molar-refractivity contribution in [3.05, 3.63) is 100 Å². The Morgan fingerprint density at radius 2 is 1.42 bits per heavy atom. The molecule has 0 N–H and O–H groups in total. The van der Waals surface area contributed by atoms with Crippen LogP contribution in [0.5, 0.6) is 0 Å². The normalized spacial score (nSPS) is 12.3. The monoisotopic (exact) mass is 465 g/mol. The minimum Gasteiger partial charge on any atom is -0.688 e. The first-order chi connectivity index (χ1) is 14.5. The standard InChI is InChI=1S/2C13H17N2.Cu/c2*1-4-15-11(2)10-13(14-3)12-8-6-5-7-9-12;/h2*5-10H,4H2,1-3H3;/q2*-1;+2/b13-10-,15-11?;11-10-,14-13?;. The Labute approximate surface area is 199 Å². The van der Waals surface area contributed by atoms with Crippen LogP contribution in [-0.4, -0.2) is 38.6 Å². The van der Waals surface area contributed by atoms with E-state index in [9.17, 15) is 0 Å². The molecule has 2 rings (SSSR count). The summed E-state index contributed by atoms with van der Waals surface area (Å²) in [5, 5.41) is 8.58. The third kappa shape index (κ3) is 11.4. The maximum atomic E-state index is 4.32. The number of nitrogens with zero attached hydrogens (tertiary/aromatic N) is 4. The van der Waals surface area contributed by atoms with E-state index in [0.29, 0.717) is 0 Å². The maximum absolute atomic E-state index is 4.32. The van der Waals surface area contributed by atoms with Crippen molar-refractivity contribution in [2.75, 3.05) is 27.2 Å². The summed E-state index contributed by atoms with van der Waals surface area (Å²) < 4.78 is 0. The van der Waals surface area contributed by atoms with E-state index in [2.05, 4.69) is 44.9 Å². The van der Waals surface area contributed by atoms with Gasteiger partial charge in [0.2, 0.25) is 0 Å². The summed E-state index contributed by atoms with van der Waals surface area (Å²) in [5.74, 6) is 0. The van der Waals surface area contributed by atoms with E-state index in [1.54, 1.807) is 14.1 Å². The number of aliphatic imine (C=N–C) groups is 2. The number of hydrogen-bond acceptors (Lipinski definition) is 2. The number of allylic oxidation sites excluding steroid dienone is 3. The molecule has 0 spiro atoms. The van der Waals surface area contributed by atoms with E-state index >= 15 is 0 Å². The molecule has 0 heterocycles. The van der Waals surface area contributed by atoms with Crippen LogP contribution in [0.25, 0.3) is 16.3 Å². The Bertz CT molecular complexity index is 853. The summed E-state index contributed by atoms with van der Waals surface area (Å²) in [5.41, 5.74) is 6.25. The van der Waals surface area contributed by atoms with Crippen molar-refractivity contribution in [1.82, 2.24) is 0 Å². The molecule has 2 aromatic carbocycles. The molecule has 2 aromatic rings. The molecule has 0 saturated heterocycles. The average Bonchev–Trinajstić information content (AvgIpc) is 2.78. The molecule has 0 atom stereocenters. The van der Waals surface area contributed by atoms with Crippen LogP contribution < -0.4 is 0 Å². The summed E-state index contributed by atoms with van der Waals surface area (Å²) in [6.07, 6.45) is 4.03. The molecule has 4 nitrogen and oxygen atoms in total. The quantitative estimate of drug-likeness (QED) is 0.300. The van der Waals surface area contributed by atoms with Crippen molar-refractivity contribution in [2.45, 2.75) is 27.7 Å². The van der Waals surface area contributed by atoms with E-state index < -0.39 is 0 Å². The van der Waals surface area contributed by atoms with Crippen molar-refractivity contribution >= 4 is 17.1 Å². The molecule has 0 aliphatic carbocycles. The van der Waals surface area contributed by atoms with Crippen LogP contribution in [0.1, 0.15) is 38.8 Å². The Morgan fingerprint density at radius 1 is 0.871 bits per heavy atom. The van der Waals surface area contributed by atoms with Crippen molar-refractivity contribution in [2.24, 2.45) is 9.98 Å². The summed E-state index contributed by atoms with van der Waals surface area (Å²) in [6.45, 7) is 9.68. The molecule has 0 amide bonds. The molecule has 0 bridgehead atoms. The van der Waals surface area contributed by atoms with Gasteiger partial charge >= 0.3 is 17.1 Å². The van der Waals surface area contributed by atoms with Gasteiger partial charge in [0, 0.05) is 19.3 Å². The summed E-state index contributed by atoms with van der Waals surface area (Å²) >= 11 is 0. The van der Waals surface area contributed by atoms with Gasteiger partial charge in [-0.3, -0.25) is 9.98 Å². The van der Waals surface area contributed by atoms with Crippen LogP contribution in [0.4, 0.5) is 0 Å². The SMILES string of the molecule is CCN=C(C)/C=C(\[N-]C)c1ccccc1.CC[N-]/C(C)=C\C(=NC)c1ccccc1.[Cu+2]. The average molecular weight is 466 g/mol. The number of rotatable bonds is 8. The summed E-state index contributed by atoms with van der Waals surface area (Å²) in [4.78, 5) is 8.58. The molecular formula is C26H34CuN4. The van der Waals surface area contributed by atoms with Crippen LogP contribution in [0, 0.1) is 0 Å². The zero-order valence-electron chi connectivity index (χ0n) is 19.4. The van der Waals surface area contributed by atoms with Gasteiger partial charge in [-0.05, 0) is 25.0 Å². The van der Waals surface area contributed by atoms with Crippen LogP contribution in [0.3, 0.4) is 0 Å². The second-order valence-corrected chi connectivity index (χ2v) is 6.47. The fourth-order valence-corrected chi connectivity index (χ4v) is 2.76. The molecule has 169 valence electrons. The Hall–Kier alpha value is -2.62. The van der Waals surface area contributed by atoms with Gasteiger partial charge < -0.3 is 10.6 Å². The molecule has 1 radical (unpaired) electrons. The van der Waals surface area contributed by atoms with Crippen molar-refractivity contribution < 1.29 is 17.1 Å². The van der Waals surface area contributed by atoms with Gasteiger partial charge in [0.25, 0.3) is 0 Å². The van der Waals surface area contributed by atoms with Crippen molar-refractivity contribution in [1.29, 1.82) is 0 Å². The van der Waals surface area contributed by atoms with Crippen LogP contribution >= 0.6 is 0 Å². The smallest absolute Gasteiger partial charge is 0.688 e. The predicted molar refractivity (Wildman–Crippen MR) is 134 cm³/mol. The molecule has 0 saturated carbocycles. The van der Waals surface area contributed by atoms with Gasteiger partial charge in [0.15, 0.2) is 0 Å². The van der Waals surface area contributed by atoms with Gasteiger partial charge in [0.1, 0.15) is 0 Å². The Kier molecular flexibility index (Phi) is 15.7. The number of benzene rings is 2. The first kappa shape index (κ1) is 28.4. The molecule has 0 aliphatic heterocycles. The molecule has 31 heavy (non-hydrogen) atoms. The molecule has 0 aromatic heterocycles. The van der Waals surface area contributed by atoms with Gasteiger partial charge in [0.05, 0.1) is 5.71 Å². The van der Waals surface area contributed by atoms with E-state index in [-0.39, 0.29) is 17.1 Å². The van der Waals surface area contributed by atoms with Gasteiger partial charge in [-0.1, -0.05) is 86.7 Å². The fourth-order valence-electron chi connectivity index (χ4n) is 2.76. The van der Waals surface area contributed by atoms with Gasteiger partial charge in [-0.2, -0.15) is 5.70 Å². The second kappa shape index (κ2) is 17.1. The fraction of sp³-hybridized carbons (Fsp3) is 0.308. The summed E-state index contributed by atoms with van der Waals surface area (Å²) in [6, 6.07) is 20.3. The third-order valence-corrected chi connectivity index (χ3v) is 4.13. The minimum atomic E-state index is 0. The van der Waals surface area contributed by atoms with Gasteiger partial charge in [-0.25, -0.2) is 0 Å². The van der Waals surface area contributed by atoms with Gasteiger partial charge in [-0.15, -0.1) is 19.3 Å². The zero-order chi connectivity index (χ0) is 22.2. The largest absolute Gasteiger partial charge is 2.00 e. The molecule has 0 fully saturated rings. The van der Waals surface area contributed by atoms with Crippen molar-refractivity contribution in [3.63, 3.8) is 0 Å². The van der Waals surface area contributed by atoms with E-state index in [1.807, 2.05) is 76.2 Å². The Balaban J connectivity index is 0.000000562. The van der Waals surface area contributed by atoms with Crippen molar-refractivity contribution in [3.8, 4) is 0 Å². The molecule has 0 unspecified atom stereocenters. The molecular weight excluding hydrogens is 432 g/mol. The first-order valence-electron chi connectivity index (χ1n) is 10.3. The zero-order valence-corrected chi connectivity index (χ0v) is 20.4. The third-order valence-electron chi connectivity index (χ3n) is 4.13. The maximum Gasteiger partial charge on any atom is 2.00 e. The van der Waals surface area contributed by atoms with E-state index in [4.69, 9.17) is 0 Å². The summed E-state index contributed by atoms with van der Waals surface area (Å²) in [7, 11) is 3.61. The van der Waals surface area contributed by atoms with Crippen LogP contribution in [-0.2, 0) is 17.1 Å². The topological polar surface area (TPSA) is 52.9 Å². The van der Waals surface area contributed by atoms with Crippen LogP contribution in [0.2, 0.25) is 0 Å². The minimum absolute atomic E-state index is 0. The van der Waals surface area contributed by atoms with E-state index in [1.165, 1.54) is 0 Å². The van der Waals surface area contributed by atoms with Crippen LogP contribution in [0.15, 0.2) is 88.5 Å².